The fourth-order valence-corrected chi connectivity index (χ4v) is 2.46. The summed E-state index contributed by atoms with van der Waals surface area (Å²) in [5.74, 6) is 1.11. The lowest BCUT2D eigenvalue weighted by Crippen LogP contribution is -1.97. The van der Waals surface area contributed by atoms with Crippen LogP contribution in [-0.2, 0) is 6.61 Å². The van der Waals surface area contributed by atoms with Crippen LogP contribution in [0.1, 0.15) is 11.3 Å². The second-order valence-corrected chi connectivity index (χ2v) is 5.39. The van der Waals surface area contributed by atoms with E-state index < -0.39 is 0 Å². The summed E-state index contributed by atoms with van der Waals surface area (Å²) in [6.45, 7) is 2.38. The van der Waals surface area contributed by atoms with Gasteiger partial charge in [-0.1, -0.05) is 30.3 Å². The van der Waals surface area contributed by atoms with Crippen molar-refractivity contribution >= 4 is 5.78 Å². The molecule has 0 aliphatic rings. The second-order valence-electron chi connectivity index (χ2n) is 5.39. The van der Waals surface area contributed by atoms with Crippen LogP contribution >= 0.6 is 0 Å². The highest BCUT2D eigenvalue weighted by molar-refractivity contribution is 5.62. The molecule has 3 aromatic heterocycles. The number of fused-ring (bicyclic) bond motifs is 1. The molecule has 6 heteroatoms. The molecule has 0 amide bonds. The summed E-state index contributed by atoms with van der Waals surface area (Å²) in [6, 6.07) is 13.6. The lowest BCUT2D eigenvalue weighted by Gasteiger charge is -2.03. The number of hydrogen-bond donors (Lipinski definition) is 0. The van der Waals surface area contributed by atoms with Crippen LogP contribution in [0.4, 0.5) is 0 Å². The van der Waals surface area contributed by atoms with Crippen molar-refractivity contribution in [2.45, 2.75) is 13.5 Å². The van der Waals surface area contributed by atoms with Crippen LogP contribution in [0.3, 0.4) is 0 Å². The first kappa shape index (κ1) is 14.3. The molecule has 0 saturated carbocycles. The molecule has 0 fully saturated rings. The Bertz CT molecular complexity index is 981. The third-order valence-electron chi connectivity index (χ3n) is 3.66. The van der Waals surface area contributed by atoms with Crippen molar-refractivity contribution in [2.24, 2.45) is 0 Å². The summed E-state index contributed by atoms with van der Waals surface area (Å²) in [5.41, 5.74) is 3.79. The highest BCUT2D eigenvalue weighted by atomic mass is 16.5. The minimum absolute atomic E-state index is 0.321. The zero-order valence-electron chi connectivity index (χ0n) is 13.1. The predicted molar refractivity (Wildman–Crippen MR) is 89.5 cm³/mol. The summed E-state index contributed by atoms with van der Waals surface area (Å²) in [7, 11) is 0. The van der Waals surface area contributed by atoms with E-state index in [1.165, 1.54) is 0 Å². The Kier molecular flexibility index (Phi) is 3.63. The molecule has 0 radical (unpaired) electrons. The minimum atomic E-state index is 0.321. The molecular weight excluding hydrogens is 302 g/mol. The van der Waals surface area contributed by atoms with Gasteiger partial charge < -0.3 is 4.74 Å². The van der Waals surface area contributed by atoms with E-state index in [1.807, 2.05) is 42.6 Å². The number of benzene rings is 1. The molecule has 0 unspecified atom stereocenters. The van der Waals surface area contributed by atoms with Crippen molar-refractivity contribution in [3.63, 3.8) is 0 Å². The van der Waals surface area contributed by atoms with Gasteiger partial charge >= 0.3 is 0 Å². The summed E-state index contributed by atoms with van der Waals surface area (Å²) in [6.07, 6.45) is 5.26. The van der Waals surface area contributed by atoms with Crippen molar-refractivity contribution in [3.8, 4) is 17.1 Å². The van der Waals surface area contributed by atoms with Crippen molar-refractivity contribution < 1.29 is 4.74 Å². The Labute approximate surface area is 138 Å². The highest BCUT2D eigenvalue weighted by Crippen LogP contribution is 2.20. The predicted octanol–water partition coefficient (Wildman–Crippen LogP) is 3.07. The van der Waals surface area contributed by atoms with Gasteiger partial charge in [-0.15, -0.1) is 0 Å². The van der Waals surface area contributed by atoms with Gasteiger partial charge in [0.2, 0.25) is 5.88 Å². The molecule has 6 nitrogen and oxygen atoms in total. The fourth-order valence-electron chi connectivity index (χ4n) is 2.46. The molecule has 0 saturated heterocycles. The van der Waals surface area contributed by atoms with Gasteiger partial charge in [0.1, 0.15) is 18.0 Å². The molecule has 118 valence electrons. The van der Waals surface area contributed by atoms with E-state index in [4.69, 9.17) is 4.74 Å². The molecule has 24 heavy (non-hydrogen) atoms. The van der Waals surface area contributed by atoms with Crippen LogP contribution in [-0.4, -0.2) is 24.6 Å². The van der Waals surface area contributed by atoms with Gasteiger partial charge in [0.25, 0.3) is 5.78 Å². The van der Waals surface area contributed by atoms with Crippen LogP contribution in [0.5, 0.6) is 5.88 Å². The van der Waals surface area contributed by atoms with Gasteiger partial charge in [0.15, 0.2) is 0 Å². The van der Waals surface area contributed by atoms with Crippen LogP contribution in [0.15, 0.2) is 61.1 Å². The van der Waals surface area contributed by atoms with E-state index in [1.54, 1.807) is 16.9 Å². The standard InChI is InChI=1S/C18H15N5O/c1-13-6-2-3-7-15(13)16-10-20-18-21-14(11-23(18)22-16)12-24-17-8-4-5-9-19-17/h2-11H,12H2,1H3. The second kappa shape index (κ2) is 6.08. The molecule has 0 spiro atoms. The summed E-state index contributed by atoms with van der Waals surface area (Å²) >= 11 is 0. The molecule has 0 bridgehead atoms. The maximum atomic E-state index is 5.61. The summed E-state index contributed by atoms with van der Waals surface area (Å²) in [4.78, 5) is 12.9. The molecule has 3 heterocycles. The van der Waals surface area contributed by atoms with E-state index >= 15 is 0 Å². The molecule has 0 atom stereocenters. The maximum absolute atomic E-state index is 5.61. The number of pyridine rings is 1. The van der Waals surface area contributed by atoms with E-state index in [0.717, 1.165) is 22.5 Å². The van der Waals surface area contributed by atoms with Crippen LogP contribution < -0.4 is 4.74 Å². The number of hydrogen-bond acceptors (Lipinski definition) is 5. The summed E-state index contributed by atoms with van der Waals surface area (Å²) < 4.78 is 7.29. The Morgan fingerprint density at radius 3 is 2.75 bits per heavy atom. The maximum Gasteiger partial charge on any atom is 0.251 e. The van der Waals surface area contributed by atoms with Gasteiger partial charge in [0.05, 0.1) is 12.4 Å². The van der Waals surface area contributed by atoms with Crippen molar-refractivity contribution in [1.82, 2.24) is 24.6 Å². The van der Waals surface area contributed by atoms with E-state index in [2.05, 4.69) is 33.0 Å². The third-order valence-corrected chi connectivity index (χ3v) is 3.66. The SMILES string of the molecule is Cc1ccccc1-c1cnc2nc(COc3ccccn3)cn2n1. The first-order chi connectivity index (χ1) is 11.8. The molecule has 1 aromatic carbocycles. The van der Waals surface area contributed by atoms with Gasteiger partial charge in [0, 0.05) is 17.8 Å². The minimum Gasteiger partial charge on any atom is -0.471 e. The van der Waals surface area contributed by atoms with Gasteiger partial charge in [-0.2, -0.15) is 5.10 Å². The van der Waals surface area contributed by atoms with Crippen molar-refractivity contribution in [1.29, 1.82) is 0 Å². The Balaban J connectivity index is 1.61. The van der Waals surface area contributed by atoms with Crippen molar-refractivity contribution in [3.05, 3.63) is 72.3 Å². The third kappa shape index (κ3) is 2.81. The highest BCUT2D eigenvalue weighted by Gasteiger charge is 2.08. The lowest BCUT2D eigenvalue weighted by atomic mass is 10.1. The molecule has 4 rings (SSSR count). The molecular formula is C18H15N5O. The Morgan fingerprint density at radius 1 is 1.04 bits per heavy atom. The molecule has 0 aliphatic heterocycles. The lowest BCUT2D eigenvalue weighted by molar-refractivity contribution is 0.290. The Morgan fingerprint density at radius 2 is 1.92 bits per heavy atom. The number of aromatic nitrogens is 5. The molecule has 0 aliphatic carbocycles. The smallest absolute Gasteiger partial charge is 0.251 e. The number of nitrogens with zero attached hydrogens (tertiary/aromatic N) is 5. The van der Waals surface area contributed by atoms with E-state index in [0.29, 0.717) is 18.3 Å². The number of imidazole rings is 1. The molecule has 4 aromatic rings. The van der Waals surface area contributed by atoms with Crippen molar-refractivity contribution in [2.75, 3.05) is 0 Å². The van der Waals surface area contributed by atoms with Gasteiger partial charge in [-0.25, -0.2) is 19.5 Å². The van der Waals surface area contributed by atoms with Crippen LogP contribution in [0.2, 0.25) is 0 Å². The first-order valence-corrected chi connectivity index (χ1v) is 7.61. The monoisotopic (exact) mass is 317 g/mol. The number of ether oxygens (including phenoxy) is 1. The van der Waals surface area contributed by atoms with E-state index in [9.17, 15) is 0 Å². The topological polar surface area (TPSA) is 65.2 Å². The van der Waals surface area contributed by atoms with Gasteiger partial charge in [-0.3, -0.25) is 0 Å². The number of aryl methyl sites for hydroxylation is 1. The largest absolute Gasteiger partial charge is 0.471 e. The zero-order valence-corrected chi connectivity index (χ0v) is 13.1. The fraction of sp³-hybridized carbons (Fsp3) is 0.111. The van der Waals surface area contributed by atoms with Crippen LogP contribution in [0.25, 0.3) is 17.0 Å². The first-order valence-electron chi connectivity index (χ1n) is 7.61. The van der Waals surface area contributed by atoms with Gasteiger partial charge in [-0.05, 0) is 18.6 Å². The number of rotatable bonds is 4. The summed E-state index contributed by atoms with van der Waals surface area (Å²) in [5, 5.41) is 4.60. The average Bonchev–Trinajstić information content (AvgIpc) is 3.03. The Hall–Kier alpha value is -3.28. The average molecular weight is 317 g/mol. The van der Waals surface area contributed by atoms with Crippen LogP contribution in [0, 0.1) is 6.92 Å². The quantitative estimate of drug-likeness (QED) is 0.579. The normalized spacial score (nSPS) is 10.9. The van der Waals surface area contributed by atoms with E-state index in [-0.39, 0.29) is 0 Å². The zero-order chi connectivity index (χ0) is 16.4. The molecule has 0 N–H and O–H groups in total.